The van der Waals surface area contributed by atoms with Crippen LogP contribution in [0.25, 0.3) is 11.1 Å². The van der Waals surface area contributed by atoms with Gasteiger partial charge in [-0.3, -0.25) is 0 Å². The number of methoxy groups -OCH3 is 2. The number of halogens is 2. The van der Waals surface area contributed by atoms with E-state index in [1.165, 1.54) is 22.3 Å². The Bertz CT molecular complexity index is 1280. The molecule has 0 aromatic heterocycles. The van der Waals surface area contributed by atoms with Gasteiger partial charge in [-0.2, -0.15) is 23.3 Å². The third kappa shape index (κ3) is 10.7. The van der Waals surface area contributed by atoms with Crippen LogP contribution < -0.4 is 9.47 Å². The van der Waals surface area contributed by atoms with Crippen molar-refractivity contribution in [2.24, 2.45) is 33.5 Å². The molecule has 2 aliphatic rings. The fraction of sp³-hybridized carbons (Fsp3) is 0.500. The molecular formula is C40H56Cl2O2Zr. The van der Waals surface area contributed by atoms with Crippen molar-refractivity contribution in [1.82, 2.24) is 0 Å². The molecule has 0 bridgehead atoms. The van der Waals surface area contributed by atoms with Gasteiger partial charge in [-0.05, 0) is 23.0 Å². The minimum Gasteiger partial charge on any atom is -0.509 e. The van der Waals surface area contributed by atoms with Crippen molar-refractivity contribution in [3.8, 4) is 11.5 Å². The van der Waals surface area contributed by atoms with Crippen LogP contribution in [0.15, 0.2) is 71.8 Å². The molecule has 0 heterocycles. The predicted octanol–water partition coefficient (Wildman–Crippen LogP) is 11.9. The van der Waals surface area contributed by atoms with Crippen molar-refractivity contribution in [3.05, 3.63) is 95.1 Å². The Morgan fingerprint density at radius 3 is 1.04 bits per heavy atom. The van der Waals surface area contributed by atoms with Crippen LogP contribution in [-0.4, -0.2) is 14.2 Å². The summed E-state index contributed by atoms with van der Waals surface area (Å²) in [5, 5.41) is 0. The molecule has 2 aromatic rings. The first-order valence-electron chi connectivity index (χ1n) is 15.3. The Kier molecular flexibility index (Phi) is 16.0. The van der Waals surface area contributed by atoms with E-state index in [-0.39, 0.29) is 72.7 Å². The van der Waals surface area contributed by atoms with Crippen LogP contribution in [0.1, 0.15) is 94.2 Å². The predicted molar refractivity (Wildman–Crippen MR) is 195 cm³/mol. The summed E-state index contributed by atoms with van der Waals surface area (Å²) in [6.07, 6.45) is 12.2. The van der Waals surface area contributed by atoms with Crippen molar-refractivity contribution in [1.29, 1.82) is 0 Å². The van der Waals surface area contributed by atoms with Gasteiger partial charge in [0.25, 0.3) is 0 Å². The average molecular weight is 731 g/mol. The Morgan fingerprint density at radius 1 is 0.511 bits per heavy atom. The van der Waals surface area contributed by atoms with Crippen LogP contribution in [0.2, 0.25) is 0 Å². The van der Waals surface area contributed by atoms with Crippen molar-refractivity contribution >= 4 is 36.0 Å². The third-order valence-corrected chi connectivity index (χ3v) is 8.04. The molecule has 4 rings (SSSR count). The quantitative estimate of drug-likeness (QED) is 0.292. The molecule has 0 aliphatic heterocycles. The maximum absolute atomic E-state index is 5.55. The largest absolute Gasteiger partial charge is 2.00 e. The fourth-order valence-corrected chi connectivity index (χ4v) is 5.38. The number of ether oxygens (including phenoxy) is 2. The normalized spacial score (nSPS) is 18.0. The zero-order valence-electron chi connectivity index (χ0n) is 30.1. The van der Waals surface area contributed by atoms with Crippen molar-refractivity contribution < 1.29 is 35.7 Å². The minimum atomic E-state index is 0. The summed E-state index contributed by atoms with van der Waals surface area (Å²) in [5.74, 6) is 2.52. The standard InChI is InChI=1S/2C20H27O.2ClH.Zr/c2*1-19(2,3)14-12-16(17(13-14)20(4,5)6)15-10-8-9-11-18(15)21-7;;;/h2*8-11,13-14H,1-7H3;2*1H;/q2*-1;;;+2. The minimum absolute atomic E-state index is 0. The summed E-state index contributed by atoms with van der Waals surface area (Å²) in [4.78, 5) is 0. The Balaban J connectivity index is 0.000000807. The molecule has 246 valence electrons. The van der Waals surface area contributed by atoms with E-state index in [0.29, 0.717) is 11.8 Å². The van der Waals surface area contributed by atoms with Gasteiger partial charge in [0.2, 0.25) is 0 Å². The van der Waals surface area contributed by atoms with Crippen molar-refractivity contribution in [3.63, 3.8) is 0 Å². The number of para-hydroxylation sites is 2. The Morgan fingerprint density at radius 2 is 0.800 bits per heavy atom. The van der Waals surface area contributed by atoms with Gasteiger partial charge in [-0.15, -0.1) is 60.2 Å². The van der Waals surface area contributed by atoms with Gasteiger partial charge >= 0.3 is 26.2 Å². The number of hydrogen-bond donors (Lipinski definition) is 0. The molecule has 0 saturated carbocycles. The fourth-order valence-electron chi connectivity index (χ4n) is 5.38. The number of hydrogen-bond acceptors (Lipinski definition) is 2. The summed E-state index contributed by atoms with van der Waals surface area (Å²) in [7, 11) is 3.46. The van der Waals surface area contributed by atoms with E-state index >= 15 is 0 Å². The first-order chi connectivity index (χ1) is 19.3. The van der Waals surface area contributed by atoms with Gasteiger partial charge in [0.15, 0.2) is 0 Å². The van der Waals surface area contributed by atoms with Gasteiger partial charge in [0.1, 0.15) is 0 Å². The van der Waals surface area contributed by atoms with E-state index in [9.17, 15) is 0 Å². The number of allylic oxidation sites excluding steroid dienone is 8. The molecule has 0 radical (unpaired) electrons. The van der Waals surface area contributed by atoms with Crippen LogP contribution in [0, 0.1) is 45.6 Å². The molecule has 0 saturated heterocycles. The third-order valence-electron chi connectivity index (χ3n) is 8.04. The second kappa shape index (κ2) is 16.5. The first kappa shape index (κ1) is 43.5. The molecule has 0 N–H and O–H groups in total. The van der Waals surface area contributed by atoms with Gasteiger partial charge in [0.05, 0.1) is 25.7 Å². The van der Waals surface area contributed by atoms with Crippen LogP contribution >= 0.6 is 24.8 Å². The molecule has 5 heteroatoms. The van der Waals surface area contributed by atoms with Crippen LogP contribution in [0.3, 0.4) is 0 Å². The average Bonchev–Trinajstić information content (AvgIpc) is 3.55. The second-order valence-corrected chi connectivity index (χ2v) is 15.8. The van der Waals surface area contributed by atoms with E-state index in [1.54, 1.807) is 14.2 Å². The molecule has 2 aliphatic carbocycles. The molecule has 0 fully saturated rings. The van der Waals surface area contributed by atoms with Crippen molar-refractivity contribution in [2.45, 2.75) is 83.1 Å². The second-order valence-electron chi connectivity index (χ2n) is 15.8. The summed E-state index contributed by atoms with van der Waals surface area (Å²) < 4.78 is 11.1. The summed E-state index contributed by atoms with van der Waals surface area (Å²) in [5.41, 5.74) is 8.01. The maximum atomic E-state index is 5.55. The summed E-state index contributed by atoms with van der Waals surface area (Å²) in [6, 6.07) is 16.5. The van der Waals surface area contributed by atoms with Crippen LogP contribution in [0.4, 0.5) is 0 Å². The SMILES string of the molecule is COc1ccccc1C1=[C-]C(C(C)(C)C)C=C1C(C)(C)C.COc1ccccc1C1=[C-]C(C(C)(C)C)C=C1C(C)(C)C.Cl.Cl.[Zr+2]. The van der Waals surface area contributed by atoms with E-state index in [2.05, 4.69) is 132 Å². The number of rotatable bonds is 4. The topological polar surface area (TPSA) is 18.5 Å². The zero-order chi connectivity index (χ0) is 31.7. The Hall–Kier alpha value is -1.54. The van der Waals surface area contributed by atoms with E-state index in [4.69, 9.17) is 9.47 Å². The number of benzene rings is 2. The van der Waals surface area contributed by atoms with Crippen LogP contribution in [-0.2, 0) is 26.2 Å². The molecule has 0 amide bonds. The molecule has 2 nitrogen and oxygen atoms in total. The van der Waals surface area contributed by atoms with Crippen LogP contribution in [0.5, 0.6) is 11.5 Å². The van der Waals surface area contributed by atoms with Gasteiger partial charge in [-0.1, -0.05) is 141 Å². The molecule has 2 atom stereocenters. The molecular weight excluding hydrogens is 675 g/mol. The Labute approximate surface area is 307 Å². The zero-order valence-corrected chi connectivity index (χ0v) is 34.2. The molecule has 2 aromatic carbocycles. The molecule has 45 heavy (non-hydrogen) atoms. The molecule has 2 unspecified atom stereocenters. The summed E-state index contributed by atoms with van der Waals surface area (Å²) in [6.45, 7) is 27.2. The summed E-state index contributed by atoms with van der Waals surface area (Å²) >= 11 is 0. The smallest absolute Gasteiger partial charge is 0.509 e. The van der Waals surface area contributed by atoms with E-state index in [1.807, 2.05) is 24.3 Å². The van der Waals surface area contributed by atoms with Crippen molar-refractivity contribution in [2.75, 3.05) is 14.2 Å². The monoisotopic (exact) mass is 728 g/mol. The van der Waals surface area contributed by atoms with Gasteiger partial charge < -0.3 is 9.47 Å². The molecule has 0 spiro atoms. The van der Waals surface area contributed by atoms with Gasteiger partial charge in [0, 0.05) is 0 Å². The van der Waals surface area contributed by atoms with E-state index in [0.717, 1.165) is 22.6 Å². The van der Waals surface area contributed by atoms with E-state index < -0.39 is 0 Å². The van der Waals surface area contributed by atoms with Gasteiger partial charge in [-0.25, -0.2) is 0 Å². The first-order valence-corrected chi connectivity index (χ1v) is 15.3. The maximum Gasteiger partial charge on any atom is 2.00 e.